The summed E-state index contributed by atoms with van der Waals surface area (Å²) in [6, 6.07) is 15.4. The van der Waals surface area contributed by atoms with Gasteiger partial charge in [0.15, 0.2) is 5.03 Å². The smallest absolute Gasteiger partial charge is 0.397 e. The van der Waals surface area contributed by atoms with Crippen LogP contribution in [-0.2, 0) is 16.4 Å². The van der Waals surface area contributed by atoms with Crippen molar-refractivity contribution in [3.63, 3.8) is 0 Å². The quantitative estimate of drug-likeness (QED) is 0.0948. The molecule has 4 rings (SSSR count). The van der Waals surface area contributed by atoms with Crippen LogP contribution in [-0.4, -0.2) is 47.5 Å². The highest BCUT2D eigenvalue weighted by atomic mass is 32.2. The zero-order valence-corrected chi connectivity index (χ0v) is 25.1. The second-order valence-corrected chi connectivity index (χ2v) is 12.5. The third kappa shape index (κ3) is 8.11. The molecule has 0 unspecified atom stereocenters. The van der Waals surface area contributed by atoms with Crippen LogP contribution in [0.15, 0.2) is 71.9 Å². The lowest BCUT2D eigenvalue weighted by Crippen LogP contribution is -2.37. The summed E-state index contributed by atoms with van der Waals surface area (Å²) in [7, 11) is -4.28. The van der Waals surface area contributed by atoms with Gasteiger partial charge in [0.05, 0.1) is 16.8 Å². The first-order valence-electron chi connectivity index (χ1n) is 14.0. The summed E-state index contributed by atoms with van der Waals surface area (Å²) < 4.78 is 88.7. The number of nitrogens with one attached hydrogen (secondary N) is 1. The normalized spacial score (nSPS) is 12.3. The molecule has 0 bridgehead atoms. The Labute approximate surface area is 253 Å². The summed E-state index contributed by atoms with van der Waals surface area (Å²) in [5.74, 6) is -1.03. The molecule has 3 heterocycles. The van der Waals surface area contributed by atoms with E-state index in [1.165, 1.54) is 29.1 Å². The van der Waals surface area contributed by atoms with Crippen molar-refractivity contribution < 1.29 is 30.7 Å². The summed E-state index contributed by atoms with van der Waals surface area (Å²) in [5.41, 5.74) is 5.97. The van der Waals surface area contributed by atoms with Gasteiger partial charge >= 0.3 is 6.18 Å². The Morgan fingerprint density at radius 3 is 2.41 bits per heavy atom. The van der Waals surface area contributed by atoms with Crippen LogP contribution in [0.4, 0.5) is 23.4 Å². The van der Waals surface area contributed by atoms with E-state index in [0.717, 1.165) is 57.2 Å². The molecule has 0 aliphatic rings. The van der Waals surface area contributed by atoms with Crippen LogP contribution in [0.1, 0.15) is 45.1 Å². The molecule has 14 heteroatoms. The number of pyridine rings is 2. The maximum atomic E-state index is 13.7. The maximum absolute atomic E-state index is 13.7. The molecule has 9 nitrogen and oxygen atoms in total. The standard InChI is InChI=1S/C30H34F4N6O3S/c1-29(2,30(32,33)34)20-43-26-17-19-40(38-26)23-15-16-25(39-44(41,42)27-14-9-13-24(31)36-27)37-28(23)22-12-7-6-11-21(22)10-5-3-4-8-18-35/h6-7,9,11-17,19H,3-5,8,10,18,20,35H2,1-2H3,(H,37,39). The fourth-order valence-electron chi connectivity index (χ4n) is 4.26. The van der Waals surface area contributed by atoms with Gasteiger partial charge in [0, 0.05) is 17.8 Å². The first-order chi connectivity index (χ1) is 20.8. The fourth-order valence-corrected chi connectivity index (χ4v) is 5.22. The van der Waals surface area contributed by atoms with Crippen molar-refractivity contribution in [3.05, 3.63) is 78.4 Å². The van der Waals surface area contributed by atoms with Gasteiger partial charge in [0.25, 0.3) is 10.0 Å². The van der Waals surface area contributed by atoms with E-state index in [4.69, 9.17) is 10.5 Å². The lowest BCUT2D eigenvalue weighted by atomic mass is 9.94. The SMILES string of the molecule is CC(C)(COc1ccn(-c2ccc(NS(=O)(=O)c3cccc(F)n3)nc2-c2ccccc2CCCCCCN)n1)C(F)(F)F. The van der Waals surface area contributed by atoms with E-state index >= 15 is 0 Å². The highest BCUT2D eigenvalue weighted by Gasteiger charge is 2.48. The summed E-state index contributed by atoms with van der Waals surface area (Å²) >= 11 is 0. The molecule has 0 saturated carbocycles. The Morgan fingerprint density at radius 2 is 1.68 bits per heavy atom. The molecule has 0 amide bonds. The number of halogens is 4. The predicted molar refractivity (Wildman–Crippen MR) is 158 cm³/mol. The Hall–Kier alpha value is -4.04. The number of nitrogens with zero attached hydrogens (tertiary/aromatic N) is 4. The van der Waals surface area contributed by atoms with E-state index in [1.54, 1.807) is 6.07 Å². The largest absolute Gasteiger partial charge is 0.476 e. The predicted octanol–water partition coefficient (Wildman–Crippen LogP) is 6.30. The number of hydrogen-bond donors (Lipinski definition) is 2. The number of sulfonamides is 1. The van der Waals surface area contributed by atoms with Crippen molar-refractivity contribution in [1.29, 1.82) is 0 Å². The van der Waals surface area contributed by atoms with Crippen LogP contribution < -0.4 is 15.2 Å². The molecule has 0 spiro atoms. The lowest BCUT2D eigenvalue weighted by molar-refractivity contribution is -0.219. The van der Waals surface area contributed by atoms with Gasteiger partial charge in [-0.15, -0.1) is 5.10 Å². The summed E-state index contributed by atoms with van der Waals surface area (Å²) in [6.45, 7) is 2.07. The van der Waals surface area contributed by atoms with Crippen molar-refractivity contribution in [2.75, 3.05) is 17.9 Å². The molecule has 0 fully saturated rings. The molecule has 4 aromatic rings. The Morgan fingerprint density at radius 1 is 0.932 bits per heavy atom. The topological polar surface area (TPSA) is 125 Å². The number of alkyl halides is 3. The number of anilines is 1. The second kappa shape index (κ2) is 13.7. The highest BCUT2D eigenvalue weighted by Crippen LogP contribution is 2.38. The monoisotopic (exact) mass is 634 g/mol. The van der Waals surface area contributed by atoms with Crippen LogP contribution in [0, 0.1) is 11.4 Å². The number of aryl methyl sites for hydroxylation is 1. The molecule has 236 valence electrons. The molecule has 0 aliphatic heterocycles. The third-order valence-electron chi connectivity index (χ3n) is 6.91. The summed E-state index contributed by atoms with van der Waals surface area (Å²) in [4.78, 5) is 8.08. The van der Waals surface area contributed by atoms with Crippen molar-refractivity contribution in [2.24, 2.45) is 11.1 Å². The third-order valence-corrected chi connectivity index (χ3v) is 8.17. The number of unbranched alkanes of at least 4 members (excludes halogenated alkanes) is 3. The van der Waals surface area contributed by atoms with Gasteiger partial charge in [-0.25, -0.2) is 14.6 Å². The number of benzene rings is 1. The Balaban J connectivity index is 1.71. The molecule has 1 aromatic carbocycles. The van der Waals surface area contributed by atoms with Gasteiger partial charge < -0.3 is 10.5 Å². The van der Waals surface area contributed by atoms with E-state index in [-0.39, 0.29) is 11.7 Å². The van der Waals surface area contributed by atoms with Crippen molar-refractivity contribution in [1.82, 2.24) is 19.7 Å². The zero-order chi connectivity index (χ0) is 32.0. The number of ether oxygens (including phenoxy) is 1. The molecular weight excluding hydrogens is 600 g/mol. The van der Waals surface area contributed by atoms with Crippen LogP contribution in [0.25, 0.3) is 16.9 Å². The van der Waals surface area contributed by atoms with Crippen LogP contribution in [0.3, 0.4) is 0 Å². The molecule has 3 aromatic heterocycles. The Kier molecular flexibility index (Phi) is 10.3. The summed E-state index contributed by atoms with van der Waals surface area (Å²) in [6.07, 6.45) is 1.55. The van der Waals surface area contributed by atoms with Gasteiger partial charge in [0.1, 0.15) is 12.4 Å². The van der Waals surface area contributed by atoms with Crippen molar-refractivity contribution in [2.45, 2.75) is 57.2 Å². The van der Waals surface area contributed by atoms with Gasteiger partial charge in [-0.2, -0.15) is 26.0 Å². The van der Waals surface area contributed by atoms with E-state index < -0.39 is 39.2 Å². The van der Waals surface area contributed by atoms with Crippen molar-refractivity contribution in [3.8, 4) is 22.8 Å². The first kappa shape index (κ1) is 32.9. The minimum Gasteiger partial charge on any atom is -0.476 e. The fraction of sp³-hybridized carbons (Fsp3) is 0.367. The number of nitrogens with two attached hydrogens (primary N) is 1. The average Bonchev–Trinajstić information content (AvgIpc) is 3.44. The van der Waals surface area contributed by atoms with Crippen LogP contribution in [0.2, 0.25) is 0 Å². The van der Waals surface area contributed by atoms with Gasteiger partial charge in [-0.3, -0.25) is 4.72 Å². The van der Waals surface area contributed by atoms with E-state index in [9.17, 15) is 26.0 Å². The molecule has 0 aliphatic carbocycles. The van der Waals surface area contributed by atoms with E-state index in [0.29, 0.717) is 29.9 Å². The maximum Gasteiger partial charge on any atom is 0.397 e. The molecule has 3 N–H and O–H groups in total. The van der Waals surface area contributed by atoms with Gasteiger partial charge in [0.2, 0.25) is 11.8 Å². The minimum absolute atomic E-state index is 0.0246. The van der Waals surface area contributed by atoms with Gasteiger partial charge in [-0.05, 0) is 69.5 Å². The minimum atomic E-state index is -4.47. The number of rotatable bonds is 14. The first-order valence-corrected chi connectivity index (χ1v) is 15.5. The summed E-state index contributed by atoms with van der Waals surface area (Å²) in [5, 5.41) is 3.81. The van der Waals surface area contributed by atoms with Crippen molar-refractivity contribution >= 4 is 15.8 Å². The average molecular weight is 635 g/mol. The van der Waals surface area contributed by atoms with E-state index in [1.807, 2.05) is 24.3 Å². The van der Waals surface area contributed by atoms with Crippen LogP contribution in [0.5, 0.6) is 5.88 Å². The van der Waals surface area contributed by atoms with Gasteiger partial charge in [-0.1, -0.05) is 43.2 Å². The van der Waals surface area contributed by atoms with Crippen LogP contribution >= 0.6 is 0 Å². The molecule has 0 radical (unpaired) electrons. The molecule has 44 heavy (non-hydrogen) atoms. The molecule has 0 atom stereocenters. The molecule has 0 saturated heterocycles. The lowest BCUT2D eigenvalue weighted by Gasteiger charge is -2.26. The number of hydrogen-bond acceptors (Lipinski definition) is 7. The number of aromatic nitrogens is 4. The zero-order valence-electron chi connectivity index (χ0n) is 24.3. The molecular formula is C30H34F4N6O3S. The second-order valence-electron chi connectivity index (χ2n) is 10.8. The van der Waals surface area contributed by atoms with E-state index in [2.05, 4.69) is 19.8 Å². The highest BCUT2D eigenvalue weighted by molar-refractivity contribution is 7.92. The Bertz CT molecular complexity index is 1680.